The number of hydrogen-bond donors (Lipinski definition) is 1. The van der Waals surface area contributed by atoms with Gasteiger partial charge in [-0.3, -0.25) is 9.59 Å². The number of hydrogen-bond acceptors (Lipinski definition) is 4. The predicted molar refractivity (Wildman–Crippen MR) is 105 cm³/mol. The number of nitrogens with zero attached hydrogens (tertiary/aromatic N) is 2. The van der Waals surface area contributed by atoms with Crippen LogP contribution in [0.4, 0.5) is 10.1 Å². The molecule has 3 rings (SSSR count). The van der Waals surface area contributed by atoms with Gasteiger partial charge >= 0.3 is 0 Å². The van der Waals surface area contributed by atoms with Crippen LogP contribution >= 0.6 is 11.6 Å². The van der Waals surface area contributed by atoms with Crippen LogP contribution in [-0.2, 0) is 4.79 Å². The predicted octanol–water partition coefficient (Wildman–Crippen LogP) is 3.74. The van der Waals surface area contributed by atoms with Crippen LogP contribution in [0.5, 0.6) is 5.88 Å². The Bertz CT molecular complexity index is 1070. The van der Waals surface area contributed by atoms with Crippen molar-refractivity contribution < 1.29 is 13.9 Å². The molecule has 0 radical (unpaired) electrons. The third kappa shape index (κ3) is 4.55. The van der Waals surface area contributed by atoms with Gasteiger partial charge in [-0.05, 0) is 61.9 Å². The van der Waals surface area contributed by atoms with Gasteiger partial charge in [-0.2, -0.15) is 4.68 Å². The molecule has 144 valence electrons. The molecule has 1 unspecified atom stereocenters. The zero-order valence-corrected chi connectivity index (χ0v) is 15.9. The smallest absolute Gasteiger partial charge is 0.271 e. The van der Waals surface area contributed by atoms with E-state index in [4.69, 9.17) is 16.3 Å². The van der Waals surface area contributed by atoms with E-state index in [2.05, 4.69) is 10.4 Å². The number of anilines is 1. The van der Waals surface area contributed by atoms with E-state index in [1.165, 1.54) is 36.4 Å². The highest BCUT2D eigenvalue weighted by atomic mass is 35.5. The summed E-state index contributed by atoms with van der Waals surface area (Å²) in [6, 6.07) is 13.1. The second kappa shape index (κ2) is 8.22. The molecule has 1 aromatic heterocycles. The molecule has 1 N–H and O–H groups in total. The maximum absolute atomic E-state index is 13.1. The van der Waals surface area contributed by atoms with Crippen molar-refractivity contribution in [2.45, 2.75) is 20.0 Å². The Morgan fingerprint density at radius 3 is 2.57 bits per heavy atom. The van der Waals surface area contributed by atoms with Gasteiger partial charge in [0.2, 0.25) is 5.88 Å². The zero-order valence-electron chi connectivity index (χ0n) is 15.1. The Morgan fingerprint density at radius 1 is 1.18 bits per heavy atom. The maximum atomic E-state index is 13.1. The van der Waals surface area contributed by atoms with Crippen molar-refractivity contribution in [2.24, 2.45) is 0 Å². The molecule has 1 heterocycles. The fourth-order valence-corrected chi connectivity index (χ4v) is 2.69. The van der Waals surface area contributed by atoms with Crippen LogP contribution < -0.4 is 15.6 Å². The van der Waals surface area contributed by atoms with Gasteiger partial charge in [0.25, 0.3) is 11.5 Å². The molecule has 1 amide bonds. The van der Waals surface area contributed by atoms with Gasteiger partial charge in [-0.15, -0.1) is 5.10 Å². The number of nitrogens with one attached hydrogen (secondary N) is 1. The first-order valence-electron chi connectivity index (χ1n) is 8.43. The maximum Gasteiger partial charge on any atom is 0.271 e. The number of carbonyl (C=O) groups excluding carboxylic acids is 1. The Kier molecular flexibility index (Phi) is 5.75. The average Bonchev–Trinajstić information content (AvgIpc) is 2.66. The number of benzene rings is 2. The Balaban J connectivity index is 1.75. The second-order valence-corrected chi connectivity index (χ2v) is 6.54. The van der Waals surface area contributed by atoms with Gasteiger partial charge in [0.05, 0.1) is 5.69 Å². The van der Waals surface area contributed by atoms with Crippen molar-refractivity contribution in [3.05, 3.63) is 81.4 Å². The number of aromatic nitrogens is 2. The Morgan fingerprint density at radius 2 is 1.89 bits per heavy atom. The summed E-state index contributed by atoms with van der Waals surface area (Å²) in [5, 5.41) is 7.43. The minimum atomic E-state index is -0.873. The first-order valence-corrected chi connectivity index (χ1v) is 8.81. The highest BCUT2D eigenvalue weighted by Gasteiger charge is 2.17. The summed E-state index contributed by atoms with van der Waals surface area (Å²) in [7, 11) is 0. The second-order valence-electron chi connectivity index (χ2n) is 6.11. The number of amides is 1. The van der Waals surface area contributed by atoms with Crippen molar-refractivity contribution in [1.29, 1.82) is 0 Å². The minimum absolute atomic E-state index is 0.0828. The topological polar surface area (TPSA) is 73.2 Å². The summed E-state index contributed by atoms with van der Waals surface area (Å²) >= 11 is 5.92. The van der Waals surface area contributed by atoms with Crippen LogP contribution in [0.3, 0.4) is 0 Å². The van der Waals surface area contributed by atoms with Crippen LogP contribution in [0, 0.1) is 12.7 Å². The standard InChI is InChI=1S/C20H17ClFN3O3/c1-12-11-14(21)3-8-17(12)23-20(27)13(2)28-18-9-10-19(26)25(24-18)16-6-4-15(22)5-7-16/h3-11,13H,1-2H3,(H,23,27). The number of rotatable bonds is 5. The quantitative estimate of drug-likeness (QED) is 0.706. The van der Waals surface area contributed by atoms with E-state index in [-0.39, 0.29) is 11.8 Å². The molecular formula is C20H17ClFN3O3. The third-order valence-corrected chi connectivity index (χ3v) is 4.20. The van der Waals surface area contributed by atoms with Crippen molar-refractivity contribution in [1.82, 2.24) is 9.78 Å². The van der Waals surface area contributed by atoms with Crippen LogP contribution in [-0.4, -0.2) is 21.8 Å². The van der Waals surface area contributed by atoms with Gasteiger partial charge in [0, 0.05) is 22.8 Å². The summed E-state index contributed by atoms with van der Waals surface area (Å²) in [4.78, 5) is 24.4. The molecule has 0 spiro atoms. The molecule has 3 aromatic rings. The number of halogens is 2. The van der Waals surface area contributed by atoms with E-state index in [9.17, 15) is 14.0 Å². The fourth-order valence-electron chi connectivity index (χ4n) is 2.46. The number of carbonyl (C=O) groups is 1. The van der Waals surface area contributed by atoms with Gasteiger partial charge in [0.15, 0.2) is 6.10 Å². The first-order chi connectivity index (χ1) is 13.3. The summed E-state index contributed by atoms with van der Waals surface area (Å²) in [5.41, 5.74) is 1.41. The highest BCUT2D eigenvalue weighted by molar-refractivity contribution is 6.30. The lowest BCUT2D eigenvalue weighted by molar-refractivity contribution is -0.122. The van der Waals surface area contributed by atoms with E-state index in [0.29, 0.717) is 16.4 Å². The third-order valence-electron chi connectivity index (χ3n) is 3.96. The molecule has 0 saturated carbocycles. The lowest BCUT2D eigenvalue weighted by atomic mass is 10.2. The van der Waals surface area contributed by atoms with Crippen LogP contribution in [0.2, 0.25) is 5.02 Å². The monoisotopic (exact) mass is 401 g/mol. The summed E-state index contributed by atoms with van der Waals surface area (Å²) < 4.78 is 19.7. The first kappa shape index (κ1) is 19.6. The van der Waals surface area contributed by atoms with Gasteiger partial charge in [-0.25, -0.2) is 4.39 Å². The van der Waals surface area contributed by atoms with Gasteiger partial charge < -0.3 is 10.1 Å². The summed E-state index contributed by atoms with van der Waals surface area (Å²) in [6.45, 7) is 3.39. The molecule has 0 bridgehead atoms. The van der Waals surface area contributed by atoms with Crippen LogP contribution in [0.15, 0.2) is 59.4 Å². The van der Waals surface area contributed by atoms with Crippen molar-refractivity contribution in [3.63, 3.8) is 0 Å². The molecule has 6 nitrogen and oxygen atoms in total. The van der Waals surface area contributed by atoms with E-state index in [1.807, 2.05) is 6.92 Å². The van der Waals surface area contributed by atoms with Crippen molar-refractivity contribution in [3.8, 4) is 11.6 Å². The molecular weight excluding hydrogens is 385 g/mol. The average molecular weight is 402 g/mol. The largest absolute Gasteiger partial charge is 0.463 e. The van der Waals surface area contributed by atoms with E-state index in [1.54, 1.807) is 25.1 Å². The number of aryl methyl sites for hydroxylation is 1. The lowest BCUT2D eigenvalue weighted by Gasteiger charge is -2.16. The van der Waals surface area contributed by atoms with Crippen LogP contribution in [0.1, 0.15) is 12.5 Å². The molecule has 1 atom stereocenters. The highest BCUT2D eigenvalue weighted by Crippen LogP contribution is 2.20. The van der Waals surface area contributed by atoms with Crippen molar-refractivity contribution >= 4 is 23.2 Å². The zero-order chi connectivity index (χ0) is 20.3. The van der Waals surface area contributed by atoms with Crippen LogP contribution in [0.25, 0.3) is 5.69 Å². The SMILES string of the molecule is Cc1cc(Cl)ccc1NC(=O)C(C)Oc1ccc(=O)n(-c2ccc(F)cc2)n1. The minimum Gasteiger partial charge on any atom is -0.463 e. The fraction of sp³-hybridized carbons (Fsp3) is 0.150. The van der Waals surface area contributed by atoms with E-state index >= 15 is 0 Å². The Hall–Kier alpha value is -3.19. The molecule has 0 aliphatic rings. The summed E-state index contributed by atoms with van der Waals surface area (Å²) in [5.74, 6) is -0.724. The van der Waals surface area contributed by atoms with E-state index in [0.717, 1.165) is 10.2 Å². The summed E-state index contributed by atoms with van der Waals surface area (Å²) in [6.07, 6.45) is -0.873. The normalized spacial score (nSPS) is 11.7. The molecule has 0 aliphatic carbocycles. The molecule has 0 fully saturated rings. The number of ether oxygens (including phenoxy) is 1. The molecule has 0 aliphatic heterocycles. The molecule has 28 heavy (non-hydrogen) atoms. The van der Waals surface area contributed by atoms with Gasteiger partial charge in [0.1, 0.15) is 5.82 Å². The molecule has 8 heteroatoms. The lowest BCUT2D eigenvalue weighted by Crippen LogP contribution is -2.31. The molecule has 2 aromatic carbocycles. The van der Waals surface area contributed by atoms with Gasteiger partial charge in [-0.1, -0.05) is 11.6 Å². The van der Waals surface area contributed by atoms with E-state index < -0.39 is 17.5 Å². The molecule has 0 saturated heterocycles. The Labute approximate surface area is 165 Å². The van der Waals surface area contributed by atoms with Crippen molar-refractivity contribution in [2.75, 3.05) is 5.32 Å².